The van der Waals surface area contributed by atoms with Gasteiger partial charge in [-0.2, -0.15) is 0 Å². The lowest BCUT2D eigenvalue weighted by molar-refractivity contribution is 0.0849. The van der Waals surface area contributed by atoms with E-state index in [0.717, 1.165) is 30.7 Å². The normalized spacial score (nSPS) is 17.0. The van der Waals surface area contributed by atoms with Crippen molar-refractivity contribution in [1.82, 2.24) is 4.90 Å². The highest BCUT2D eigenvalue weighted by atomic mass is 16.5. The van der Waals surface area contributed by atoms with Gasteiger partial charge in [0, 0.05) is 31.5 Å². The molecule has 0 bridgehead atoms. The summed E-state index contributed by atoms with van der Waals surface area (Å²) >= 11 is 0. The monoisotopic (exact) mass is 322 g/mol. The third-order valence-electron chi connectivity index (χ3n) is 4.09. The molecule has 128 valence electrons. The first-order valence-electron chi connectivity index (χ1n) is 7.99. The van der Waals surface area contributed by atoms with E-state index in [9.17, 15) is 4.79 Å². The summed E-state index contributed by atoms with van der Waals surface area (Å²) in [5.74, 6) is 1.24. The number of likely N-dealkylation sites (N-methyl/N-ethyl adjacent to an activating group) is 1. The van der Waals surface area contributed by atoms with Gasteiger partial charge in [-0.1, -0.05) is 0 Å². The molecule has 0 aliphatic carbocycles. The molecule has 0 spiro atoms. The second kappa shape index (κ2) is 8.06. The Balaban J connectivity index is 2.08. The molecule has 1 aromatic rings. The van der Waals surface area contributed by atoms with Crippen molar-refractivity contribution >= 4 is 11.7 Å². The molecule has 1 aromatic carbocycles. The highest BCUT2D eigenvalue weighted by molar-refractivity contribution is 5.90. The van der Waals surface area contributed by atoms with Crippen LogP contribution in [0.2, 0.25) is 0 Å². The molecule has 2 rings (SSSR count). The maximum atomic E-state index is 12.5. The molecule has 0 aromatic heterocycles. The Labute approximate surface area is 137 Å². The van der Waals surface area contributed by atoms with Crippen LogP contribution in [0, 0.1) is 6.92 Å². The zero-order chi connectivity index (χ0) is 16.8. The summed E-state index contributed by atoms with van der Waals surface area (Å²) in [6.45, 7) is 5.94. The van der Waals surface area contributed by atoms with E-state index >= 15 is 0 Å². The van der Waals surface area contributed by atoms with Gasteiger partial charge in [0.05, 0.1) is 20.3 Å². The number of carbonyl (C=O) groups is 1. The number of hydrogen-bond donors (Lipinski definition) is 1. The van der Waals surface area contributed by atoms with E-state index in [4.69, 9.17) is 14.2 Å². The average Bonchev–Trinajstić information content (AvgIpc) is 3.06. The molecule has 1 heterocycles. The van der Waals surface area contributed by atoms with Crippen LogP contribution >= 0.6 is 0 Å². The molecule has 23 heavy (non-hydrogen) atoms. The fourth-order valence-electron chi connectivity index (χ4n) is 2.70. The third kappa shape index (κ3) is 4.28. The predicted octanol–water partition coefficient (Wildman–Crippen LogP) is 3.05. The smallest absolute Gasteiger partial charge is 0.321 e. The summed E-state index contributed by atoms with van der Waals surface area (Å²) < 4.78 is 16.2. The van der Waals surface area contributed by atoms with Gasteiger partial charge in [0.2, 0.25) is 0 Å². The Morgan fingerprint density at radius 3 is 2.61 bits per heavy atom. The molecule has 6 heteroatoms. The second-order valence-corrected chi connectivity index (χ2v) is 5.63. The van der Waals surface area contributed by atoms with Gasteiger partial charge in [-0.25, -0.2) is 4.79 Å². The maximum Gasteiger partial charge on any atom is 0.321 e. The molecule has 1 unspecified atom stereocenters. The number of urea groups is 1. The molecule has 6 nitrogen and oxygen atoms in total. The van der Waals surface area contributed by atoms with Crippen molar-refractivity contribution in [3.05, 3.63) is 17.7 Å². The average molecular weight is 322 g/mol. The Morgan fingerprint density at radius 2 is 2.04 bits per heavy atom. The van der Waals surface area contributed by atoms with E-state index in [1.165, 1.54) is 0 Å². The molecule has 2 amide bonds. The lowest BCUT2D eigenvalue weighted by atomic mass is 10.1. The quantitative estimate of drug-likeness (QED) is 0.874. The van der Waals surface area contributed by atoms with Crippen molar-refractivity contribution in [1.29, 1.82) is 0 Å². The van der Waals surface area contributed by atoms with Crippen LogP contribution in [0.4, 0.5) is 10.5 Å². The van der Waals surface area contributed by atoms with Crippen molar-refractivity contribution in [2.45, 2.75) is 32.8 Å². The zero-order valence-electron chi connectivity index (χ0n) is 14.3. The van der Waals surface area contributed by atoms with Crippen LogP contribution in [0.25, 0.3) is 0 Å². The van der Waals surface area contributed by atoms with Crippen LogP contribution < -0.4 is 14.8 Å². The van der Waals surface area contributed by atoms with Crippen molar-refractivity contribution in [2.24, 2.45) is 0 Å². The van der Waals surface area contributed by atoms with Crippen molar-refractivity contribution in [2.75, 3.05) is 39.2 Å². The van der Waals surface area contributed by atoms with Crippen LogP contribution in [0.5, 0.6) is 11.5 Å². The zero-order valence-corrected chi connectivity index (χ0v) is 14.3. The van der Waals surface area contributed by atoms with Gasteiger partial charge in [0.15, 0.2) is 11.5 Å². The summed E-state index contributed by atoms with van der Waals surface area (Å²) in [7, 11) is 3.17. The highest BCUT2D eigenvalue weighted by Crippen LogP contribution is 2.33. The molecule has 1 atom stereocenters. The van der Waals surface area contributed by atoms with E-state index < -0.39 is 0 Å². The van der Waals surface area contributed by atoms with E-state index in [1.54, 1.807) is 25.2 Å². The Morgan fingerprint density at radius 1 is 1.35 bits per heavy atom. The standard InChI is InChI=1S/C17H26N2O4/c1-5-19(11-13-7-6-8-23-13)17(20)18-14-10-16(22-4)15(21-3)9-12(14)2/h9-10,13H,5-8,11H2,1-4H3,(H,18,20). The van der Waals surface area contributed by atoms with Crippen LogP contribution in [0.15, 0.2) is 12.1 Å². The molecule has 1 aliphatic rings. The van der Waals surface area contributed by atoms with Crippen molar-refractivity contribution < 1.29 is 19.0 Å². The molecule has 1 N–H and O–H groups in total. The van der Waals surface area contributed by atoms with Gasteiger partial charge < -0.3 is 24.4 Å². The summed E-state index contributed by atoms with van der Waals surface area (Å²) in [6.07, 6.45) is 2.23. The van der Waals surface area contributed by atoms with Gasteiger partial charge in [0.1, 0.15) is 0 Å². The number of rotatable bonds is 6. The predicted molar refractivity (Wildman–Crippen MR) is 89.5 cm³/mol. The molecule has 1 saturated heterocycles. The number of ether oxygens (including phenoxy) is 3. The SMILES string of the molecule is CCN(CC1CCCO1)C(=O)Nc1cc(OC)c(OC)cc1C. The Bertz CT molecular complexity index is 542. The fraction of sp³-hybridized carbons (Fsp3) is 0.588. The molecule has 0 saturated carbocycles. The molecular formula is C17H26N2O4. The van der Waals surface area contributed by atoms with E-state index in [0.29, 0.717) is 24.6 Å². The summed E-state index contributed by atoms with van der Waals surface area (Å²) in [5, 5.41) is 2.96. The number of amides is 2. The minimum atomic E-state index is -0.127. The Kier molecular flexibility index (Phi) is 6.10. The Hall–Kier alpha value is -1.95. The minimum absolute atomic E-state index is 0.127. The largest absolute Gasteiger partial charge is 0.493 e. The summed E-state index contributed by atoms with van der Waals surface area (Å²) in [6, 6.07) is 3.51. The van der Waals surface area contributed by atoms with E-state index in [2.05, 4.69) is 5.32 Å². The lowest BCUT2D eigenvalue weighted by Gasteiger charge is -2.25. The van der Waals surface area contributed by atoms with Crippen LogP contribution in [-0.2, 0) is 4.74 Å². The number of aryl methyl sites for hydroxylation is 1. The first-order valence-corrected chi connectivity index (χ1v) is 7.99. The fourth-order valence-corrected chi connectivity index (χ4v) is 2.70. The van der Waals surface area contributed by atoms with Gasteiger partial charge in [-0.3, -0.25) is 0 Å². The topological polar surface area (TPSA) is 60.0 Å². The van der Waals surface area contributed by atoms with Gasteiger partial charge in [-0.15, -0.1) is 0 Å². The third-order valence-corrected chi connectivity index (χ3v) is 4.09. The van der Waals surface area contributed by atoms with Crippen LogP contribution in [0.3, 0.4) is 0 Å². The summed E-state index contributed by atoms with van der Waals surface area (Å²) in [5.41, 5.74) is 1.64. The molecule has 1 aliphatic heterocycles. The lowest BCUT2D eigenvalue weighted by Crippen LogP contribution is -2.40. The van der Waals surface area contributed by atoms with Gasteiger partial charge in [0.25, 0.3) is 0 Å². The maximum absolute atomic E-state index is 12.5. The highest BCUT2D eigenvalue weighted by Gasteiger charge is 2.22. The molecule has 0 radical (unpaired) electrons. The van der Waals surface area contributed by atoms with E-state index in [-0.39, 0.29) is 12.1 Å². The first kappa shape index (κ1) is 17.4. The second-order valence-electron chi connectivity index (χ2n) is 5.63. The van der Waals surface area contributed by atoms with Crippen LogP contribution in [0.1, 0.15) is 25.3 Å². The number of anilines is 1. The first-order chi connectivity index (χ1) is 11.1. The molecule has 1 fully saturated rings. The van der Waals surface area contributed by atoms with Crippen molar-refractivity contribution in [3.8, 4) is 11.5 Å². The molecular weight excluding hydrogens is 296 g/mol. The van der Waals surface area contributed by atoms with Crippen molar-refractivity contribution in [3.63, 3.8) is 0 Å². The number of nitrogens with zero attached hydrogens (tertiary/aromatic N) is 1. The van der Waals surface area contributed by atoms with Gasteiger partial charge >= 0.3 is 6.03 Å². The van der Waals surface area contributed by atoms with Crippen LogP contribution in [-0.4, -0.2) is 51.0 Å². The number of benzene rings is 1. The number of nitrogens with one attached hydrogen (secondary N) is 1. The minimum Gasteiger partial charge on any atom is -0.493 e. The van der Waals surface area contributed by atoms with E-state index in [1.807, 2.05) is 19.9 Å². The number of carbonyl (C=O) groups excluding carboxylic acids is 1. The number of hydrogen-bond acceptors (Lipinski definition) is 4. The number of methoxy groups -OCH3 is 2. The summed E-state index contributed by atoms with van der Waals surface area (Å²) in [4.78, 5) is 14.3. The van der Waals surface area contributed by atoms with Gasteiger partial charge in [-0.05, 0) is 38.3 Å².